The molecule has 12 nitrogen and oxygen atoms in total. The minimum absolute atomic E-state index is 0.0183. The number of H-pyrrole nitrogens is 1. The molecule has 12 heteroatoms. The third kappa shape index (κ3) is 8.46. The molecule has 2 aliphatic rings. The van der Waals surface area contributed by atoms with Crippen LogP contribution in [-0.4, -0.2) is 93.3 Å². The maximum Gasteiger partial charge on any atom is 0.246 e. The molecule has 6 rings (SSSR count). The summed E-state index contributed by atoms with van der Waals surface area (Å²) in [7, 11) is 0. The quantitative estimate of drug-likeness (QED) is 0.208. The van der Waals surface area contributed by atoms with Gasteiger partial charge in [0.25, 0.3) is 0 Å². The van der Waals surface area contributed by atoms with Crippen LogP contribution in [0.5, 0.6) is 0 Å². The molecule has 1 aromatic heterocycles. The van der Waals surface area contributed by atoms with Crippen molar-refractivity contribution >= 4 is 40.4 Å². The molecule has 0 aliphatic carbocycles. The van der Waals surface area contributed by atoms with E-state index in [1.54, 1.807) is 13.1 Å². The van der Waals surface area contributed by atoms with Crippen molar-refractivity contribution in [1.82, 2.24) is 30.7 Å². The molecule has 266 valence electrons. The van der Waals surface area contributed by atoms with E-state index in [1.165, 1.54) is 9.80 Å². The molecule has 5 N–H and O–H groups in total. The van der Waals surface area contributed by atoms with Crippen LogP contribution in [0.1, 0.15) is 48.1 Å². The van der Waals surface area contributed by atoms with Crippen molar-refractivity contribution in [3.8, 4) is 0 Å². The first kappa shape index (κ1) is 35.3. The normalized spacial score (nSPS) is 23.5. The second-order valence-electron chi connectivity index (χ2n) is 13.5. The van der Waals surface area contributed by atoms with E-state index in [4.69, 9.17) is 0 Å². The highest BCUT2D eigenvalue weighted by Gasteiger charge is 2.42. The fourth-order valence-electron chi connectivity index (χ4n) is 6.87. The first-order valence-corrected chi connectivity index (χ1v) is 17.4. The van der Waals surface area contributed by atoms with Crippen LogP contribution in [0.4, 0.5) is 0 Å². The number of amides is 5. The van der Waals surface area contributed by atoms with E-state index in [1.807, 2.05) is 85.8 Å². The smallest absolute Gasteiger partial charge is 0.246 e. The van der Waals surface area contributed by atoms with Crippen molar-refractivity contribution in [3.63, 3.8) is 0 Å². The summed E-state index contributed by atoms with van der Waals surface area (Å²) in [6, 6.07) is 20.7. The van der Waals surface area contributed by atoms with Crippen LogP contribution in [-0.2, 0) is 36.8 Å². The Morgan fingerprint density at radius 2 is 1.59 bits per heavy atom. The topological polar surface area (TPSA) is 164 Å². The average molecular weight is 693 g/mol. The highest BCUT2D eigenvalue weighted by molar-refractivity contribution is 5.96. The number of aliphatic hydroxyl groups excluding tert-OH is 1. The number of fused-ring (bicyclic) bond motifs is 2. The number of carbonyl (C=O) groups is 5. The van der Waals surface area contributed by atoms with Crippen molar-refractivity contribution in [2.45, 2.75) is 69.8 Å². The monoisotopic (exact) mass is 692 g/mol. The number of aromatic nitrogens is 1. The minimum atomic E-state index is -1.12. The third-order valence-electron chi connectivity index (χ3n) is 9.71. The fourth-order valence-corrected chi connectivity index (χ4v) is 6.87. The van der Waals surface area contributed by atoms with E-state index < -0.39 is 53.9 Å². The molecule has 2 aliphatic heterocycles. The maximum absolute atomic E-state index is 14.3. The van der Waals surface area contributed by atoms with Gasteiger partial charge in [0.1, 0.15) is 18.1 Å². The van der Waals surface area contributed by atoms with Gasteiger partial charge in [-0.15, -0.1) is 0 Å². The number of aryl methyl sites for hydroxylation is 2. The summed E-state index contributed by atoms with van der Waals surface area (Å²) < 4.78 is 0. The van der Waals surface area contributed by atoms with Gasteiger partial charge in [0.05, 0.1) is 18.7 Å². The number of hydrogen-bond donors (Lipinski definition) is 5. The molecular formula is C39H44N6O6. The van der Waals surface area contributed by atoms with Crippen molar-refractivity contribution in [1.29, 1.82) is 0 Å². The second kappa shape index (κ2) is 15.6. The van der Waals surface area contributed by atoms with Crippen LogP contribution in [0.25, 0.3) is 10.9 Å². The van der Waals surface area contributed by atoms with Gasteiger partial charge in [0, 0.05) is 49.5 Å². The maximum atomic E-state index is 14.3. The van der Waals surface area contributed by atoms with Crippen LogP contribution < -0.4 is 16.0 Å². The van der Waals surface area contributed by atoms with Crippen molar-refractivity contribution in [2.75, 3.05) is 19.6 Å². The van der Waals surface area contributed by atoms with E-state index in [-0.39, 0.29) is 44.8 Å². The van der Waals surface area contributed by atoms with Gasteiger partial charge in [0.2, 0.25) is 29.5 Å². The van der Waals surface area contributed by atoms with E-state index in [2.05, 4.69) is 20.9 Å². The Hall–Kier alpha value is -5.49. The Morgan fingerprint density at radius 3 is 2.35 bits per heavy atom. The molecule has 2 saturated heterocycles. The van der Waals surface area contributed by atoms with Crippen LogP contribution in [0.3, 0.4) is 0 Å². The second-order valence-corrected chi connectivity index (χ2v) is 13.5. The zero-order chi connectivity index (χ0) is 36.1. The molecule has 51 heavy (non-hydrogen) atoms. The van der Waals surface area contributed by atoms with Crippen LogP contribution in [0.15, 0.2) is 85.1 Å². The average Bonchev–Trinajstić information content (AvgIpc) is 3.73. The number of hydrogen-bond acceptors (Lipinski definition) is 6. The van der Waals surface area contributed by atoms with Gasteiger partial charge < -0.3 is 35.8 Å². The molecule has 5 atom stereocenters. The molecule has 3 aromatic carbocycles. The van der Waals surface area contributed by atoms with Crippen molar-refractivity contribution in [3.05, 3.63) is 107 Å². The molecule has 0 radical (unpaired) electrons. The number of para-hydroxylation sites is 1. The highest BCUT2D eigenvalue weighted by atomic mass is 16.3. The lowest BCUT2D eigenvalue weighted by molar-refractivity contribution is -0.142. The van der Waals surface area contributed by atoms with Gasteiger partial charge in [-0.25, -0.2) is 0 Å². The zero-order valence-electron chi connectivity index (χ0n) is 28.8. The number of nitrogens with one attached hydrogen (secondary N) is 4. The number of nitrogens with zero attached hydrogens (tertiary/aromatic N) is 2. The van der Waals surface area contributed by atoms with Gasteiger partial charge >= 0.3 is 0 Å². The molecule has 0 bridgehead atoms. The molecule has 0 saturated carbocycles. The number of rotatable bonds is 6. The zero-order valence-corrected chi connectivity index (χ0v) is 28.8. The van der Waals surface area contributed by atoms with Gasteiger partial charge in [0.15, 0.2) is 0 Å². The summed E-state index contributed by atoms with van der Waals surface area (Å²) in [6.07, 6.45) is 1.45. The summed E-state index contributed by atoms with van der Waals surface area (Å²) in [5, 5.41) is 20.1. The fraction of sp³-hybridized carbons (Fsp3) is 0.359. The van der Waals surface area contributed by atoms with Gasteiger partial charge in [-0.05, 0) is 43.0 Å². The Labute approximate surface area is 296 Å². The molecule has 0 unspecified atom stereocenters. The number of aliphatic hydroxyl groups is 1. The predicted octanol–water partition coefficient (Wildman–Crippen LogP) is 2.30. The lowest BCUT2D eigenvalue weighted by Crippen LogP contribution is -2.56. The van der Waals surface area contributed by atoms with Crippen molar-refractivity contribution < 1.29 is 29.1 Å². The largest absolute Gasteiger partial charge is 0.391 e. The third-order valence-corrected chi connectivity index (χ3v) is 9.71. The standard InChI is InChI=1S/C39H44N6O6/c1-24-12-14-26(15-13-24)16-17-36(48)44-22-33(27-8-4-3-5-9-27)43-37(49)25(2)41-38(50)34-19-29(46)21-45(34)39(51)32(42-35(47)23-44)18-28-20-40-31-11-7-6-10-30(28)31/h3-15,20,25,29,32-34,40,46H,16-19,21-23H2,1-2H3,(H,41,50)(H,42,47)(H,43,49)/t25-,29+,32+,33-,34-/m0/s1. The molecular weight excluding hydrogens is 648 g/mol. The Kier molecular flexibility index (Phi) is 10.8. The lowest BCUT2D eigenvalue weighted by Gasteiger charge is -2.30. The van der Waals surface area contributed by atoms with Gasteiger partial charge in [-0.3, -0.25) is 24.0 Å². The molecule has 5 amide bonds. The van der Waals surface area contributed by atoms with Crippen LogP contribution in [0.2, 0.25) is 0 Å². The molecule has 2 fully saturated rings. The Bertz CT molecular complexity index is 1890. The summed E-state index contributed by atoms with van der Waals surface area (Å²) in [4.78, 5) is 75.3. The first-order valence-electron chi connectivity index (χ1n) is 17.4. The van der Waals surface area contributed by atoms with Gasteiger partial charge in [-0.2, -0.15) is 0 Å². The predicted molar refractivity (Wildman–Crippen MR) is 191 cm³/mol. The van der Waals surface area contributed by atoms with E-state index in [9.17, 15) is 29.1 Å². The molecule has 4 aromatic rings. The summed E-state index contributed by atoms with van der Waals surface area (Å²) in [5.41, 5.74) is 4.43. The van der Waals surface area contributed by atoms with E-state index in [0.717, 1.165) is 27.6 Å². The number of aromatic amines is 1. The number of carbonyl (C=O) groups excluding carboxylic acids is 5. The SMILES string of the molecule is Cc1ccc(CCC(=O)N2CC(=O)N[C@H](Cc3c[nH]c4ccccc34)C(=O)N3C[C@H](O)C[C@H]3C(=O)N[C@@H](C)C(=O)N[C@H](c3ccccc3)C2)cc1. The Morgan fingerprint density at radius 1 is 0.863 bits per heavy atom. The highest BCUT2D eigenvalue weighted by Crippen LogP contribution is 2.24. The van der Waals surface area contributed by atoms with Gasteiger partial charge in [-0.1, -0.05) is 78.4 Å². The van der Waals surface area contributed by atoms with E-state index >= 15 is 0 Å². The summed E-state index contributed by atoms with van der Waals surface area (Å²) in [6.45, 7) is 3.02. The molecule has 3 heterocycles. The van der Waals surface area contributed by atoms with Crippen LogP contribution in [0, 0.1) is 6.92 Å². The summed E-state index contributed by atoms with van der Waals surface area (Å²) in [5.74, 6) is -2.50. The van der Waals surface area contributed by atoms with E-state index in [0.29, 0.717) is 12.0 Å². The minimum Gasteiger partial charge on any atom is -0.391 e. The first-order chi connectivity index (χ1) is 24.5. The number of benzene rings is 3. The summed E-state index contributed by atoms with van der Waals surface area (Å²) >= 11 is 0. The van der Waals surface area contributed by atoms with Crippen molar-refractivity contribution in [2.24, 2.45) is 0 Å². The lowest BCUT2D eigenvalue weighted by atomic mass is 10.0. The molecule has 0 spiro atoms. The Balaban J connectivity index is 1.35. The van der Waals surface area contributed by atoms with Crippen LogP contribution >= 0.6 is 0 Å².